The van der Waals surface area contributed by atoms with Gasteiger partial charge in [0.25, 0.3) is 5.91 Å². The highest BCUT2D eigenvalue weighted by Crippen LogP contribution is 2.18. The van der Waals surface area contributed by atoms with Gasteiger partial charge in [0.15, 0.2) is 0 Å². The maximum atomic E-state index is 13.6. The number of hydrogen-bond donors (Lipinski definition) is 2. The Morgan fingerprint density at radius 1 is 1.23 bits per heavy atom. The Kier molecular flexibility index (Phi) is 4.14. The van der Waals surface area contributed by atoms with Crippen molar-refractivity contribution >= 4 is 16.8 Å². The molecule has 0 aliphatic rings. The molecular formula is C18H15FN6O. The summed E-state index contributed by atoms with van der Waals surface area (Å²) >= 11 is 0. The second-order valence-corrected chi connectivity index (χ2v) is 5.78. The number of rotatable bonds is 5. The van der Waals surface area contributed by atoms with Crippen LogP contribution in [0.4, 0.5) is 4.39 Å². The number of aromatic nitrogens is 5. The maximum absolute atomic E-state index is 13.6. The Labute approximate surface area is 147 Å². The Balaban J connectivity index is 1.49. The van der Waals surface area contributed by atoms with Crippen LogP contribution >= 0.6 is 0 Å². The van der Waals surface area contributed by atoms with Crippen molar-refractivity contribution in [3.05, 3.63) is 71.9 Å². The van der Waals surface area contributed by atoms with Crippen LogP contribution in [0.1, 0.15) is 15.9 Å². The molecule has 0 saturated carbocycles. The van der Waals surface area contributed by atoms with Crippen molar-refractivity contribution in [1.82, 2.24) is 30.5 Å². The lowest BCUT2D eigenvalue weighted by molar-refractivity contribution is 0.0953. The minimum Gasteiger partial charge on any atom is -0.361 e. The van der Waals surface area contributed by atoms with E-state index in [1.165, 1.54) is 29.2 Å². The Bertz CT molecular complexity index is 1060. The van der Waals surface area contributed by atoms with Crippen LogP contribution in [0.15, 0.2) is 55.0 Å². The van der Waals surface area contributed by atoms with Gasteiger partial charge >= 0.3 is 0 Å². The van der Waals surface area contributed by atoms with Crippen LogP contribution in [-0.4, -0.2) is 37.6 Å². The van der Waals surface area contributed by atoms with Crippen LogP contribution in [-0.2, 0) is 6.42 Å². The summed E-state index contributed by atoms with van der Waals surface area (Å²) < 4.78 is 15.0. The first-order valence-corrected chi connectivity index (χ1v) is 8.08. The molecule has 130 valence electrons. The van der Waals surface area contributed by atoms with Crippen LogP contribution in [0.5, 0.6) is 0 Å². The van der Waals surface area contributed by atoms with Gasteiger partial charge < -0.3 is 10.3 Å². The summed E-state index contributed by atoms with van der Waals surface area (Å²) in [7, 11) is 0. The molecule has 2 aromatic carbocycles. The summed E-state index contributed by atoms with van der Waals surface area (Å²) in [4.78, 5) is 15.7. The largest absolute Gasteiger partial charge is 0.361 e. The highest BCUT2D eigenvalue weighted by molar-refractivity contribution is 5.97. The number of nitrogens with zero attached hydrogens (tertiary/aromatic N) is 4. The molecule has 4 aromatic rings. The van der Waals surface area contributed by atoms with Crippen molar-refractivity contribution in [3.63, 3.8) is 0 Å². The summed E-state index contributed by atoms with van der Waals surface area (Å²) in [5.41, 5.74) is 2.76. The number of amides is 1. The van der Waals surface area contributed by atoms with E-state index in [0.29, 0.717) is 18.7 Å². The van der Waals surface area contributed by atoms with Crippen molar-refractivity contribution < 1.29 is 9.18 Å². The fourth-order valence-corrected chi connectivity index (χ4v) is 2.91. The molecule has 2 aromatic heterocycles. The highest BCUT2D eigenvalue weighted by Gasteiger charge is 2.15. The number of para-hydroxylation sites is 1. The highest BCUT2D eigenvalue weighted by atomic mass is 19.1. The number of hydrogen-bond acceptors (Lipinski definition) is 4. The third kappa shape index (κ3) is 3.04. The standard InChI is InChI=1S/C18H15FN6O/c19-13-5-6-17(25-11-22-23-24-25)15(9-13)18(26)20-8-7-12-10-21-16-4-2-1-3-14(12)16/h1-6,9-11,21H,7-8H2,(H,20,26). The molecule has 26 heavy (non-hydrogen) atoms. The molecular weight excluding hydrogens is 335 g/mol. The van der Waals surface area contributed by atoms with Gasteiger partial charge in [0.05, 0.1) is 11.3 Å². The van der Waals surface area contributed by atoms with Gasteiger partial charge in [-0.1, -0.05) is 18.2 Å². The van der Waals surface area contributed by atoms with E-state index in [4.69, 9.17) is 0 Å². The zero-order chi connectivity index (χ0) is 17.9. The number of benzene rings is 2. The SMILES string of the molecule is O=C(NCCc1c[nH]c2ccccc12)c1cc(F)ccc1-n1cnnn1. The van der Waals surface area contributed by atoms with Crippen molar-refractivity contribution in [3.8, 4) is 5.69 Å². The monoisotopic (exact) mass is 350 g/mol. The zero-order valence-corrected chi connectivity index (χ0v) is 13.7. The summed E-state index contributed by atoms with van der Waals surface area (Å²) in [6, 6.07) is 11.9. The number of carbonyl (C=O) groups is 1. The minimum absolute atomic E-state index is 0.177. The van der Waals surface area contributed by atoms with E-state index in [2.05, 4.69) is 25.8 Å². The van der Waals surface area contributed by atoms with E-state index in [0.717, 1.165) is 16.5 Å². The predicted molar refractivity (Wildman–Crippen MR) is 93.4 cm³/mol. The van der Waals surface area contributed by atoms with Crippen LogP contribution in [0.3, 0.4) is 0 Å². The molecule has 0 radical (unpaired) electrons. The molecule has 2 heterocycles. The number of tetrazole rings is 1. The lowest BCUT2D eigenvalue weighted by Gasteiger charge is -2.09. The van der Waals surface area contributed by atoms with Gasteiger partial charge in [0, 0.05) is 23.6 Å². The molecule has 4 rings (SSSR count). The number of carbonyl (C=O) groups excluding carboxylic acids is 1. The first-order valence-electron chi connectivity index (χ1n) is 8.08. The molecule has 0 unspecified atom stereocenters. The quantitative estimate of drug-likeness (QED) is 0.578. The molecule has 0 fully saturated rings. The first kappa shape index (κ1) is 15.9. The van der Waals surface area contributed by atoms with Gasteiger partial charge in [-0.25, -0.2) is 4.39 Å². The number of aromatic amines is 1. The Hall–Kier alpha value is -3.55. The van der Waals surface area contributed by atoms with Gasteiger partial charge in [-0.2, -0.15) is 4.68 Å². The smallest absolute Gasteiger partial charge is 0.253 e. The average molecular weight is 350 g/mol. The molecule has 0 aliphatic carbocycles. The van der Waals surface area contributed by atoms with E-state index < -0.39 is 5.82 Å². The van der Waals surface area contributed by atoms with Crippen molar-refractivity contribution in [2.75, 3.05) is 6.54 Å². The Morgan fingerprint density at radius 3 is 2.96 bits per heavy atom. The van der Waals surface area contributed by atoms with Crippen LogP contribution in [0.2, 0.25) is 0 Å². The molecule has 0 saturated heterocycles. The number of halogens is 1. The molecule has 0 atom stereocenters. The molecule has 8 heteroatoms. The summed E-state index contributed by atoms with van der Waals surface area (Å²) in [6.45, 7) is 0.423. The Morgan fingerprint density at radius 2 is 2.12 bits per heavy atom. The minimum atomic E-state index is -0.497. The third-order valence-electron chi connectivity index (χ3n) is 4.15. The maximum Gasteiger partial charge on any atom is 0.253 e. The molecule has 7 nitrogen and oxygen atoms in total. The van der Waals surface area contributed by atoms with E-state index in [1.807, 2.05) is 30.5 Å². The molecule has 1 amide bonds. The lowest BCUT2D eigenvalue weighted by Crippen LogP contribution is -2.27. The van der Waals surface area contributed by atoms with E-state index in [1.54, 1.807) is 0 Å². The second-order valence-electron chi connectivity index (χ2n) is 5.78. The molecule has 0 spiro atoms. The predicted octanol–water partition coefficient (Wildman–Crippen LogP) is 2.26. The first-order chi connectivity index (χ1) is 12.7. The van der Waals surface area contributed by atoms with Crippen molar-refractivity contribution in [2.45, 2.75) is 6.42 Å². The third-order valence-corrected chi connectivity index (χ3v) is 4.15. The van der Waals surface area contributed by atoms with Gasteiger partial charge in [-0.05, 0) is 46.7 Å². The zero-order valence-electron chi connectivity index (χ0n) is 13.7. The lowest BCUT2D eigenvalue weighted by atomic mass is 10.1. The van der Waals surface area contributed by atoms with Crippen molar-refractivity contribution in [1.29, 1.82) is 0 Å². The van der Waals surface area contributed by atoms with E-state index in [-0.39, 0.29) is 11.5 Å². The average Bonchev–Trinajstić information content (AvgIpc) is 3.32. The van der Waals surface area contributed by atoms with E-state index >= 15 is 0 Å². The molecule has 0 bridgehead atoms. The normalized spacial score (nSPS) is 11.0. The van der Waals surface area contributed by atoms with Crippen molar-refractivity contribution in [2.24, 2.45) is 0 Å². The molecule has 2 N–H and O–H groups in total. The summed E-state index contributed by atoms with van der Waals surface area (Å²) in [5.74, 6) is -0.876. The van der Waals surface area contributed by atoms with Crippen LogP contribution in [0.25, 0.3) is 16.6 Å². The summed E-state index contributed by atoms with van der Waals surface area (Å²) in [6.07, 6.45) is 3.95. The van der Waals surface area contributed by atoms with Gasteiger partial charge in [-0.15, -0.1) is 5.10 Å². The summed E-state index contributed by atoms with van der Waals surface area (Å²) in [5, 5.41) is 14.8. The fraction of sp³-hybridized carbons (Fsp3) is 0.111. The number of H-pyrrole nitrogens is 1. The van der Waals surface area contributed by atoms with Gasteiger partial charge in [-0.3, -0.25) is 4.79 Å². The number of fused-ring (bicyclic) bond motifs is 1. The topological polar surface area (TPSA) is 88.5 Å². The van der Waals surface area contributed by atoms with Crippen LogP contribution in [0, 0.1) is 5.82 Å². The second kappa shape index (κ2) is 6.75. The van der Waals surface area contributed by atoms with E-state index in [9.17, 15) is 9.18 Å². The molecule has 0 aliphatic heterocycles. The fourth-order valence-electron chi connectivity index (χ4n) is 2.91. The van der Waals surface area contributed by atoms with Crippen LogP contribution < -0.4 is 5.32 Å². The van der Waals surface area contributed by atoms with Gasteiger partial charge in [0.1, 0.15) is 12.1 Å². The van der Waals surface area contributed by atoms with Gasteiger partial charge in [0.2, 0.25) is 0 Å². The number of nitrogens with one attached hydrogen (secondary N) is 2.